The highest BCUT2D eigenvalue weighted by Gasteiger charge is 2.59. The summed E-state index contributed by atoms with van der Waals surface area (Å²) in [5.74, 6) is -3.06. The molecule has 1 saturated carbocycles. The second-order valence-electron chi connectivity index (χ2n) is 5.61. The summed E-state index contributed by atoms with van der Waals surface area (Å²) in [6.07, 6.45) is 4.83. The number of amides is 2. The number of halogens is 2. The smallest absolute Gasteiger partial charge is 0.238 e. The Labute approximate surface area is 113 Å². The van der Waals surface area contributed by atoms with Gasteiger partial charge < -0.3 is 0 Å². The van der Waals surface area contributed by atoms with Crippen molar-refractivity contribution in [2.75, 3.05) is 4.90 Å². The third kappa shape index (κ3) is 1.32. The number of carbonyl (C=O) groups excluding carboxylic acids is 2. The highest BCUT2D eigenvalue weighted by atomic mass is 19.2. The predicted molar refractivity (Wildman–Crippen MR) is 66.6 cm³/mol. The summed E-state index contributed by atoms with van der Waals surface area (Å²) < 4.78 is 26.3. The Morgan fingerprint density at radius 2 is 1.55 bits per heavy atom. The zero-order valence-electron chi connectivity index (χ0n) is 10.4. The lowest BCUT2D eigenvalue weighted by atomic mass is 9.85. The second kappa shape index (κ2) is 3.75. The average molecular weight is 275 g/mol. The Morgan fingerprint density at radius 3 is 2.10 bits per heavy atom. The number of nitrogens with zero attached hydrogens (tertiary/aromatic N) is 1. The molecule has 20 heavy (non-hydrogen) atoms. The molecule has 1 aromatic rings. The van der Waals surface area contributed by atoms with Gasteiger partial charge in [-0.15, -0.1) is 0 Å². The molecule has 2 bridgehead atoms. The first kappa shape index (κ1) is 11.8. The van der Waals surface area contributed by atoms with Crippen LogP contribution in [0.1, 0.15) is 6.42 Å². The molecule has 102 valence electrons. The van der Waals surface area contributed by atoms with Gasteiger partial charge in [-0.25, -0.2) is 13.7 Å². The summed E-state index contributed by atoms with van der Waals surface area (Å²) in [5.41, 5.74) is 0.118. The fourth-order valence-electron chi connectivity index (χ4n) is 3.78. The van der Waals surface area contributed by atoms with Crippen molar-refractivity contribution in [1.29, 1.82) is 0 Å². The molecule has 0 N–H and O–H groups in total. The van der Waals surface area contributed by atoms with Gasteiger partial charge in [0.25, 0.3) is 0 Å². The van der Waals surface area contributed by atoms with E-state index in [1.165, 1.54) is 6.07 Å². The number of allylic oxidation sites excluding steroid dienone is 2. The molecule has 1 aliphatic heterocycles. The van der Waals surface area contributed by atoms with Crippen molar-refractivity contribution in [2.45, 2.75) is 6.42 Å². The highest BCUT2D eigenvalue weighted by Crippen LogP contribution is 2.53. The Kier molecular flexibility index (Phi) is 2.20. The molecular weight excluding hydrogens is 264 g/mol. The van der Waals surface area contributed by atoms with Crippen LogP contribution in [0.2, 0.25) is 0 Å². The lowest BCUT2D eigenvalue weighted by molar-refractivity contribution is -0.123. The molecule has 2 amide bonds. The van der Waals surface area contributed by atoms with Gasteiger partial charge in [0.05, 0.1) is 17.5 Å². The predicted octanol–water partition coefficient (Wildman–Crippen LogP) is 2.28. The van der Waals surface area contributed by atoms with Gasteiger partial charge in [-0.05, 0) is 30.4 Å². The maximum absolute atomic E-state index is 13.3. The SMILES string of the molecule is O=C1[C@@H]2[C@@H](C(=O)N1c1ccc(F)c(F)c1)[C@H]1C=C[C@H]2C1. The fraction of sp³-hybridized carbons (Fsp3) is 0.333. The lowest BCUT2D eigenvalue weighted by Gasteiger charge is -2.17. The number of benzene rings is 1. The van der Waals surface area contributed by atoms with Crippen LogP contribution in [0.5, 0.6) is 0 Å². The van der Waals surface area contributed by atoms with Crippen molar-refractivity contribution in [3.8, 4) is 0 Å². The van der Waals surface area contributed by atoms with E-state index in [9.17, 15) is 18.4 Å². The third-order valence-electron chi connectivity index (χ3n) is 4.63. The van der Waals surface area contributed by atoms with Crippen LogP contribution in [-0.2, 0) is 9.59 Å². The molecule has 5 heteroatoms. The standard InChI is InChI=1S/C15H11F2NO2/c16-10-4-3-9(6-11(10)17)18-14(19)12-7-1-2-8(5-7)13(12)15(18)20/h1-4,6-8,12-13H,5H2/t7-,8-,12-,13-/m0/s1. The number of rotatable bonds is 1. The van der Waals surface area contributed by atoms with E-state index in [1.807, 2.05) is 12.2 Å². The van der Waals surface area contributed by atoms with E-state index in [0.717, 1.165) is 23.5 Å². The molecule has 4 atom stereocenters. The fourth-order valence-corrected chi connectivity index (χ4v) is 3.78. The van der Waals surface area contributed by atoms with Crippen LogP contribution >= 0.6 is 0 Å². The Morgan fingerprint density at radius 1 is 0.950 bits per heavy atom. The average Bonchev–Trinajstić information content (AvgIpc) is 3.08. The first-order valence-corrected chi connectivity index (χ1v) is 6.59. The van der Waals surface area contributed by atoms with Crippen LogP contribution < -0.4 is 4.90 Å². The van der Waals surface area contributed by atoms with E-state index in [1.54, 1.807) is 0 Å². The van der Waals surface area contributed by atoms with E-state index in [-0.39, 0.29) is 41.2 Å². The van der Waals surface area contributed by atoms with Crippen molar-refractivity contribution in [3.63, 3.8) is 0 Å². The molecule has 0 unspecified atom stereocenters. The molecule has 0 radical (unpaired) electrons. The summed E-state index contributed by atoms with van der Waals surface area (Å²) >= 11 is 0. The number of carbonyl (C=O) groups is 2. The Hall–Kier alpha value is -2.04. The largest absolute Gasteiger partial charge is 0.274 e. The minimum Gasteiger partial charge on any atom is -0.274 e. The summed E-state index contributed by atoms with van der Waals surface area (Å²) in [6.45, 7) is 0. The summed E-state index contributed by atoms with van der Waals surface area (Å²) in [5, 5.41) is 0. The number of anilines is 1. The van der Waals surface area contributed by atoms with Gasteiger partial charge in [-0.2, -0.15) is 0 Å². The van der Waals surface area contributed by atoms with Crippen LogP contribution in [0.15, 0.2) is 30.4 Å². The molecule has 1 saturated heterocycles. The maximum Gasteiger partial charge on any atom is 0.238 e. The molecule has 3 aliphatic rings. The van der Waals surface area contributed by atoms with Gasteiger partial charge in [0, 0.05) is 6.07 Å². The summed E-state index contributed by atoms with van der Waals surface area (Å²) in [6, 6.07) is 3.11. The first-order valence-electron chi connectivity index (χ1n) is 6.59. The van der Waals surface area contributed by atoms with Crippen LogP contribution in [0.25, 0.3) is 0 Å². The Bertz CT molecular complexity index is 640. The number of imide groups is 1. The van der Waals surface area contributed by atoms with E-state index < -0.39 is 11.6 Å². The molecule has 1 heterocycles. The summed E-state index contributed by atoms with van der Waals surface area (Å²) in [7, 11) is 0. The van der Waals surface area contributed by atoms with Gasteiger partial charge >= 0.3 is 0 Å². The van der Waals surface area contributed by atoms with E-state index in [4.69, 9.17) is 0 Å². The molecule has 0 spiro atoms. The number of hydrogen-bond donors (Lipinski definition) is 0. The van der Waals surface area contributed by atoms with Crippen molar-refractivity contribution in [2.24, 2.45) is 23.7 Å². The van der Waals surface area contributed by atoms with Crippen molar-refractivity contribution < 1.29 is 18.4 Å². The van der Waals surface area contributed by atoms with Crippen LogP contribution in [0.3, 0.4) is 0 Å². The quantitative estimate of drug-likeness (QED) is 0.582. The topological polar surface area (TPSA) is 37.4 Å². The van der Waals surface area contributed by atoms with Gasteiger partial charge in [-0.1, -0.05) is 12.2 Å². The molecule has 2 aliphatic carbocycles. The zero-order chi connectivity index (χ0) is 14.0. The molecular formula is C15H11F2NO2. The molecule has 2 fully saturated rings. The molecule has 3 nitrogen and oxygen atoms in total. The second-order valence-corrected chi connectivity index (χ2v) is 5.61. The van der Waals surface area contributed by atoms with Crippen LogP contribution in [-0.4, -0.2) is 11.8 Å². The van der Waals surface area contributed by atoms with Crippen molar-refractivity contribution >= 4 is 17.5 Å². The minimum atomic E-state index is -1.05. The Balaban J connectivity index is 1.76. The number of fused-ring (bicyclic) bond motifs is 5. The molecule has 0 aromatic heterocycles. The number of hydrogen-bond acceptors (Lipinski definition) is 2. The van der Waals surface area contributed by atoms with Gasteiger partial charge in [0.15, 0.2) is 11.6 Å². The molecule has 1 aromatic carbocycles. The van der Waals surface area contributed by atoms with Gasteiger partial charge in [0.1, 0.15) is 0 Å². The lowest BCUT2D eigenvalue weighted by Crippen LogP contribution is -2.32. The van der Waals surface area contributed by atoms with Gasteiger partial charge in [-0.3, -0.25) is 9.59 Å². The monoisotopic (exact) mass is 275 g/mol. The van der Waals surface area contributed by atoms with Crippen LogP contribution in [0, 0.1) is 35.3 Å². The van der Waals surface area contributed by atoms with E-state index in [2.05, 4.69) is 0 Å². The van der Waals surface area contributed by atoms with Gasteiger partial charge in [0.2, 0.25) is 11.8 Å². The third-order valence-corrected chi connectivity index (χ3v) is 4.63. The van der Waals surface area contributed by atoms with E-state index in [0.29, 0.717) is 0 Å². The maximum atomic E-state index is 13.3. The van der Waals surface area contributed by atoms with E-state index >= 15 is 0 Å². The zero-order valence-corrected chi connectivity index (χ0v) is 10.4. The minimum absolute atomic E-state index is 0.108. The highest BCUT2D eigenvalue weighted by molar-refractivity contribution is 6.22. The summed E-state index contributed by atoms with van der Waals surface area (Å²) in [4.78, 5) is 25.9. The normalized spacial score (nSPS) is 34.2. The van der Waals surface area contributed by atoms with Crippen molar-refractivity contribution in [3.05, 3.63) is 42.0 Å². The van der Waals surface area contributed by atoms with Crippen molar-refractivity contribution in [1.82, 2.24) is 0 Å². The first-order chi connectivity index (χ1) is 9.58. The van der Waals surface area contributed by atoms with Crippen LogP contribution in [0.4, 0.5) is 14.5 Å². The molecule has 4 rings (SSSR count).